The van der Waals surface area contributed by atoms with E-state index in [0.717, 1.165) is 11.1 Å². The summed E-state index contributed by atoms with van der Waals surface area (Å²) in [6, 6.07) is 16.4. The van der Waals surface area contributed by atoms with E-state index in [-0.39, 0.29) is 50.5 Å². The maximum Gasteiger partial charge on any atom is 0.306 e. The minimum Gasteiger partial charge on any atom is -0.463 e. The van der Waals surface area contributed by atoms with E-state index in [1.807, 2.05) is 86.7 Å². The van der Waals surface area contributed by atoms with Crippen LogP contribution < -0.4 is 5.32 Å². The van der Waals surface area contributed by atoms with Gasteiger partial charge in [-0.3, -0.25) is 19.2 Å². The smallest absolute Gasteiger partial charge is 0.306 e. The Morgan fingerprint density at radius 2 is 1.70 bits per heavy atom. The molecule has 0 aromatic heterocycles. The van der Waals surface area contributed by atoms with Crippen molar-refractivity contribution < 1.29 is 33.8 Å². The Hall–Kier alpha value is -4.28. The lowest BCUT2D eigenvalue weighted by molar-refractivity contribution is -0.151. The van der Waals surface area contributed by atoms with Crippen molar-refractivity contribution in [2.45, 2.75) is 69.5 Å². The van der Waals surface area contributed by atoms with Gasteiger partial charge in [0.2, 0.25) is 17.7 Å². The molecule has 0 unspecified atom stereocenters. The van der Waals surface area contributed by atoms with Gasteiger partial charge in [-0.25, -0.2) is 0 Å². The van der Waals surface area contributed by atoms with Crippen LogP contribution in [-0.2, 0) is 35.2 Å². The first-order valence-electron chi connectivity index (χ1n) is 16.5. The number of hydrogen-bond acceptors (Lipinski definition) is 7. The number of carbonyl (C=O) groups is 4. The van der Waals surface area contributed by atoms with E-state index in [1.165, 1.54) is 4.90 Å². The molecule has 0 saturated carbocycles. The third-order valence-corrected chi connectivity index (χ3v) is 9.66. The molecule has 6 rings (SSSR count). The zero-order chi connectivity index (χ0) is 33.1. The van der Waals surface area contributed by atoms with Gasteiger partial charge in [0.1, 0.15) is 18.2 Å². The van der Waals surface area contributed by atoms with Gasteiger partial charge in [-0.2, -0.15) is 0 Å². The van der Waals surface area contributed by atoms with Crippen LogP contribution in [-0.4, -0.2) is 82.1 Å². The van der Waals surface area contributed by atoms with E-state index in [0.29, 0.717) is 12.8 Å². The Morgan fingerprint density at radius 1 is 0.979 bits per heavy atom. The first-order chi connectivity index (χ1) is 22.7. The Labute approximate surface area is 275 Å². The third-order valence-electron chi connectivity index (χ3n) is 9.66. The number of allylic oxidation sites excluding steroid dienone is 1. The average molecular weight is 642 g/mol. The first kappa shape index (κ1) is 32.7. The van der Waals surface area contributed by atoms with Gasteiger partial charge in [0.25, 0.3) is 0 Å². The molecule has 248 valence electrons. The molecule has 2 aromatic rings. The number of nitrogens with one attached hydrogen (secondary N) is 1. The zero-order valence-electron chi connectivity index (χ0n) is 26.9. The molecule has 2 saturated heterocycles. The molecule has 1 spiro atoms. The SMILES string of the molecule is CC(C)C[C@H](CO)N1C(=O)[C@@H]2[C@H]3C(=O)N[C@@H](c4ccccc4)COC(=O)CC/C=C\CN(Cc4ccccc4)C(=O)[C@@H]1[C@]21C=C[C@H]3O1. The lowest BCUT2D eigenvalue weighted by Gasteiger charge is -2.39. The highest BCUT2D eigenvalue weighted by Crippen LogP contribution is 2.56. The van der Waals surface area contributed by atoms with E-state index in [1.54, 1.807) is 17.1 Å². The summed E-state index contributed by atoms with van der Waals surface area (Å²) in [6.07, 6.45) is 7.57. The van der Waals surface area contributed by atoms with Gasteiger partial charge < -0.3 is 29.7 Å². The van der Waals surface area contributed by atoms with Crippen molar-refractivity contribution in [2.24, 2.45) is 17.8 Å². The quantitative estimate of drug-likeness (QED) is 0.351. The lowest BCUT2D eigenvalue weighted by atomic mass is 9.74. The summed E-state index contributed by atoms with van der Waals surface area (Å²) in [5.41, 5.74) is 0.278. The fourth-order valence-corrected chi connectivity index (χ4v) is 7.55. The number of cyclic esters (lactones) is 1. The third kappa shape index (κ3) is 6.36. The summed E-state index contributed by atoms with van der Waals surface area (Å²) in [7, 11) is 0. The number of benzene rings is 2. The normalized spacial score (nSPS) is 30.8. The largest absolute Gasteiger partial charge is 0.463 e. The fourth-order valence-electron chi connectivity index (χ4n) is 7.55. The Morgan fingerprint density at radius 3 is 2.40 bits per heavy atom. The van der Waals surface area contributed by atoms with E-state index in [4.69, 9.17) is 9.47 Å². The second kappa shape index (κ2) is 13.8. The second-order valence-electron chi connectivity index (χ2n) is 13.3. The maximum absolute atomic E-state index is 14.9. The molecule has 3 amide bonds. The Bertz CT molecular complexity index is 1530. The number of esters is 1. The summed E-state index contributed by atoms with van der Waals surface area (Å²) in [4.78, 5) is 59.6. The number of fused-ring (bicyclic) bond motifs is 2. The summed E-state index contributed by atoms with van der Waals surface area (Å²) in [6.45, 7) is 4.10. The molecule has 7 atom stereocenters. The van der Waals surface area contributed by atoms with Crippen LogP contribution in [0.3, 0.4) is 0 Å². The minimum absolute atomic E-state index is 0.0742. The van der Waals surface area contributed by atoms with Crippen LogP contribution in [0.15, 0.2) is 85.0 Å². The van der Waals surface area contributed by atoms with Crippen LogP contribution in [0, 0.1) is 17.8 Å². The van der Waals surface area contributed by atoms with E-state index in [9.17, 15) is 24.3 Å². The van der Waals surface area contributed by atoms with Crippen molar-refractivity contribution >= 4 is 23.7 Å². The first-order valence-corrected chi connectivity index (χ1v) is 16.5. The number of hydrogen-bond donors (Lipinski definition) is 2. The van der Waals surface area contributed by atoms with Crippen LogP contribution in [0.4, 0.5) is 0 Å². The number of likely N-dealkylation sites (tertiary alicyclic amines) is 1. The van der Waals surface area contributed by atoms with Crippen LogP contribution in [0.25, 0.3) is 0 Å². The number of nitrogens with zero attached hydrogens (tertiary/aromatic N) is 2. The van der Waals surface area contributed by atoms with Crippen molar-refractivity contribution in [3.8, 4) is 0 Å². The molecule has 2 fully saturated rings. The van der Waals surface area contributed by atoms with Crippen LogP contribution in [0.2, 0.25) is 0 Å². The molecule has 4 aliphatic rings. The highest BCUT2D eigenvalue weighted by atomic mass is 16.5. The molecule has 10 nitrogen and oxygen atoms in total. The Balaban J connectivity index is 1.43. The lowest BCUT2D eigenvalue weighted by Crippen LogP contribution is -2.58. The molecule has 2 N–H and O–H groups in total. The number of ether oxygens (including phenoxy) is 2. The molecule has 47 heavy (non-hydrogen) atoms. The average Bonchev–Trinajstić information content (AvgIpc) is 3.72. The molecule has 4 aliphatic heterocycles. The van der Waals surface area contributed by atoms with Crippen molar-refractivity contribution in [1.82, 2.24) is 15.1 Å². The summed E-state index contributed by atoms with van der Waals surface area (Å²) in [5.74, 6) is -3.30. The summed E-state index contributed by atoms with van der Waals surface area (Å²) >= 11 is 0. The number of aliphatic hydroxyl groups is 1. The zero-order valence-corrected chi connectivity index (χ0v) is 26.9. The summed E-state index contributed by atoms with van der Waals surface area (Å²) in [5, 5.41) is 13.7. The number of amides is 3. The van der Waals surface area contributed by atoms with Gasteiger partial charge in [-0.1, -0.05) is 98.8 Å². The molecule has 0 aliphatic carbocycles. The molecular formula is C37H43N3O7. The summed E-state index contributed by atoms with van der Waals surface area (Å²) < 4.78 is 12.2. The number of rotatable bonds is 7. The molecule has 4 heterocycles. The molecule has 0 radical (unpaired) electrons. The van der Waals surface area contributed by atoms with Crippen LogP contribution in [0.5, 0.6) is 0 Å². The van der Waals surface area contributed by atoms with E-state index < -0.39 is 53.5 Å². The number of carbonyl (C=O) groups excluding carboxylic acids is 4. The highest BCUT2D eigenvalue weighted by molar-refractivity contribution is 6.00. The predicted molar refractivity (Wildman–Crippen MR) is 173 cm³/mol. The predicted octanol–water partition coefficient (Wildman–Crippen LogP) is 3.32. The number of aliphatic hydroxyl groups excluding tert-OH is 1. The van der Waals surface area contributed by atoms with Crippen LogP contribution in [0.1, 0.15) is 50.3 Å². The Kier molecular flexibility index (Phi) is 9.61. The topological polar surface area (TPSA) is 125 Å². The van der Waals surface area contributed by atoms with Gasteiger partial charge in [-0.05, 0) is 29.9 Å². The van der Waals surface area contributed by atoms with Gasteiger partial charge in [0.05, 0.1) is 36.6 Å². The standard InChI is InChI=1S/C37H43N3O7/c1-24(2)20-27(22-41)40-33-36(45)39(21-25-12-6-3-7-13-25)19-11-5-10-16-30(42)46-23-28(26-14-8-4-9-15-26)38-34(43)31-29-17-18-37(33,47-29)32(31)35(40)44/h3-9,11-15,17-18,24,27-29,31-33,41H,10,16,19-23H2,1-2H3,(H,38,43)/b11-5-/t27-,28-,29-,31+,32+,33-,37+/m1/s1. The van der Waals surface area contributed by atoms with Crippen molar-refractivity contribution in [2.75, 3.05) is 19.8 Å². The van der Waals surface area contributed by atoms with Gasteiger partial charge in [-0.15, -0.1) is 0 Å². The molecule has 2 aromatic carbocycles. The minimum atomic E-state index is -1.38. The van der Waals surface area contributed by atoms with Crippen molar-refractivity contribution in [1.29, 1.82) is 0 Å². The molecule has 5 bridgehead atoms. The van der Waals surface area contributed by atoms with E-state index in [2.05, 4.69) is 5.32 Å². The second-order valence-corrected chi connectivity index (χ2v) is 13.3. The van der Waals surface area contributed by atoms with E-state index >= 15 is 0 Å². The van der Waals surface area contributed by atoms with Crippen molar-refractivity contribution in [3.63, 3.8) is 0 Å². The fraction of sp³-hybridized carbons (Fsp3) is 0.459. The monoisotopic (exact) mass is 641 g/mol. The highest BCUT2D eigenvalue weighted by Gasteiger charge is 2.73. The van der Waals surface area contributed by atoms with Crippen LogP contribution >= 0.6 is 0 Å². The molecule has 10 heteroatoms. The van der Waals surface area contributed by atoms with Gasteiger partial charge in [0, 0.05) is 19.5 Å². The van der Waals surface area contributed by atoms with Gasteiger partial charge in [0.15, 0.2) is 0 Å². The van der Waals surface area contributed by atoms with Crippen molar-refractivity contribution in [3.05, 3.63) is 96.1 Å². The maximum atomic E-state index is 14.9. The molecular weight excluding hydrogens is 598 g/mol. The van der Waals surface area contributed by atoms with Gasteiger partial charge >= 0.3 is 5.97 Å².